The average Bonchev–Trinajstić information content (AvgIpc) is 2.95. The molecule has 0 aliphatic heterocycles. The van der Waals surface area contributed by atoms with Gasteiger partial charge in [0.15, 0.2) is 0 Å². The number of aryl methyl sites for hydroxylation is 1. The molecule has 6 heteroatoms. The third kappa shape index (κ3) is 3.74. The summed E-state index contributed by atoms with van der Waals surface area (Å²) in [5, 5.41) is 7.58. The lowest BCUT2D eigenvalue weighted by molar-refractivity contribution is 0.304. The van der Waals surface area contributed by atoms with Gasteiger partial charge in [0.1, 0.15) is 15.8 Å². The van der Waals surface area contributed by atoms with E-state index in [1.807, 2.05) is 12.3 Å². The topological polar surface area (TPSA) is 63.8 Å². The zero-order valence-electron chi connectivity index (χ0n) is 13.3. The van der Waals surface area contributed by atoms with Crippen LogP contribution in [0.25, 0.3) is 10.6 Å². The quantitative estimate of drug-likeness (QED) is 0.821. The van der Waals surface area contributed by atoms with E-state index in [0.29, 0.717) is 23.6 Å². The van der Waals surface area contributed by atoms with Gasteiger partial charge >= 0.3 is 0 Å². The van der Waals surface area contributed by atoms with Crippen LogP contribution in [0.5, 0.6) is 0 Å². The summed E-state index contributed by atoms with van der Waals surface area (Å²) < 4.78 is 4.29. The Morgan fingerprint density at radius 3 is 2.43 bits per heavy atom. The monoisotopic (exact) mass is 324 g/mol. The first-order valence-electron chi connectivity index (χ1n) is 7.31. The van der Waals surface area contributed by atoms with Crippen molar-refractivity contribution in [3.05, 3.63) is 11.1 Å². The molecule has 3 N–H and O–H groups in total. The van der Waals surface area contributed by atoms with Crippen molar-refractivity contribution in [3.8, 4) is 10.6 Å². The molecule has 21 heavy (non-hydrogen) atoms. The van der Waals surface area contributed by atoms with Crippen molar-refractivity contribution in [3.63, 3.8) is 0 Å². The van der Waals surface area contributed by atoms with Gasteiger partial charge in [-0.25, -0.2) is 4.98 Å². The fraction of sp³-hybridized carbons (Fsp3) is 0.600. The maximum Gasteiger partial charge on any atom is 0.149 e. The summed E-state index contributed by atoms with van der Waals surface area (Å²) in [4.78, 5) is 4.54. The Hall–Kier alpha value is -1.14. The maximum absolute atomic E-state index is 6.03. The van der Waals surface area contributed by atoms with Crippen molar-refractivity contribution in [1.82, 2.24) is 9.36 Å². The Morgan fingerprint density at radius 1 is 1.24 bits per heavy atom. The zero-order chi connectivity index (χ0) is 15.6. The van der Waals surface area contributed by atoms with Crippen LogP contribution in [0.4, 0.5) is 10.8 Å². The highest BCUT2D eigenvalue weighted by molar-refractivity contribution is 7.15. The predicted octanol–water partition coefficient (Wildman–Crippen LogP) is 4.50. The van der Waals surface area contributed by atoms with Crippen LogP contribution in [0.1, 0.15) is 33.4 Å². The molecule has 116 valence electrons. The molecule has 0 aromatic carbocycles. The maximum atomic E-state index is 6.03. The number of nitrogen functional groups attached to an aromatic ring is 1. The first kappa shape index (κ1) is 16.2. The number of anilines is 2. The molecular weight excluding hydrogens is 300 g/mol. The summed E-state index contributed by atoms with van der Waals surface area (Å²) in [6.07, 6.45) is 0. The van der Waals surface area contributed by atoms with Crippen LogP contribution in [0, 0.1) is 24.7 Å². The SMILES string of the molecule is Cc1csc(-c2c(N)nsc2NCC(C(C)C)C(C)C)n1. The van der Waals surface area contributed by atoms with E-state index in [9.17, 15) is 0 Å². The van der Waals surface area contributed by atoms with Gasteiger partial charge < -0.3 is 11.1 Å². The molecule has 2 aromatic heterocycles. The second kappa shape index (κ2) is 6.75. The third-order valence-corrected chi connectivity index (χ3v) is 5.56. The van der Waals surface area contributed by atoms with Crippen molar-refractivity contribution < 1.29 is 0 Å². The summed E-state index contributed by atoms with van der Waals surface area (Å²) >= 11 is 3.04. The number of nitrogens with zero attached hydrogens (tertiary/aromatic N) is 2. The summed E-state index contributed by atoms with van der Waals surface area (Å²) in [7, 11) is 0. The minimum atomic E-state index is 0.572. The number of hydrogen-bond acceptors (Lipinski definition) is 6. The molecule has 0 saturated carbocycles. The summed E-state index contributed by atoms with van der Waals surface area (Å²) in [6, 6.07) is 0. The van der Waals surface area contributed by atoms with Crippen LogP contribution in [-0.2, 0) is 0 Å². The molecule has 2 heterocycles. The van der Waals surface area contributed by atoms with Gasteiger partial charge in [-0.05, 0) is 36.2 Å². The summed E-state index contributed by atoms with van der Waals surface area (Å²) in [5.41, 5.74) is 8.02. The highest BCUT2D eigenvalue weighted by Gasteiger charge is 2.20. The van der Waals surface area contributed by atoms with Crippen molar-refractivity contribution >= 4 is 33.7 Å². The average molecular weight is 325 g/mol. The molecule has 0 fully saturated rings. The normalized spacial score (nSPS) is 11.8. The molecule has 0 atom stereocenters. The largest absolute Gasteiger partial charge is 0.382 e. The molecule has 2 rings (SSSR count). The standard InChI is InChI=1S/C15H24N4S2/c1-8(2)11(9(3)4)6-17-14-12(13(16)19-21-14)15-18-10(5)7-20-15/h7-9,11,17H,6H2,1-5H3,(H2,16,19). The van der Waals surface area contributed by atoms with Crippen LogP contribution < -0.4 is 11.1 Å². The highest BCUT2D eigenvalue weighted by Crippen LogP contribution is 2.38. The van der Waals surface area contributed by atoms with Gasteiger partial charge in [0, 0.05) is 17.6 Å². The zero-order valence-corrected chi connectivity index (χ0v) is 14.9. The van der Waals surface area contributed by atoms with Gasteiger partial charge in [-0.3, -0.25) is 0 Å². The molecule has 0 saturated heterocycles. The molecule has 0 aliphatic carbocycles. The minimum Gasteiger partial charge on any atom is -0.382 e. The fourth-order valence-electron chi connectivity index (χ4n) is 2.55. The van der Waals surface area contributed by atoms with E-state index >= 15 is 0 Å². The van der Waals surface area contributed by atoms with Crippen LogP contribution in [0.3, 0.4) is 0 Å². The van der Waals surface area contributed by atoms with Gasteiger partial charge in [0.2, 0.25) is 0 Å². The summed E-state index contributed by atoms with van der Waals surface area (Å²) in [6.45, 7) is 12.0. The Morgan fingerprint density at radius 2 is 1.90 bits per heavy atom. The molecule has 0 aliphatic rings. The lowest BCUT2D eigenvalue weighted by Crippen LogP contribution is -2.24. The van der Waals surface area contributed by atoms with Gasteiger partial charge in [0.05, 0.1) is 5.56 Å². The van der Waals surface area contributed by atoms with E-state index in [0.717, 1.165) is 27.8 Å². The molecule has 0 spiro atoms. The van der Waals surface area contributed by atoms with Crippen LogP contribution in [-0.4, -0.2) is 15.9 Å². The van der Waals surface area contributed by atoms with Gasteiger partial charge in [-0.1, -0.05) is 27.7 Å². The summed E-state index contributed by atoms with van der Waals surface area (Å²) in [5.74, 6) is 2.49. The molecule has 2 aromatic rings. The smallest absolute Gasteiger partial charge is 0.149 e. The Kier molecular flexibility index (Phi) is 5.22. The molecule has 0 bridgehead atoms. The first-order valence-corrected chi connectivity index (χ1v) is 8.97. The predicted molar refractivity (Wildman–Crippen MR) is 94.0 cm³/mol. The van der Waals surface area contributed by atoms with Crippen molar-refractivity contribution in [2.75, 3.05) is 17.6 Å². The second-order valence-electron chi connectivity index (χ2n) is 6.10. The minimum absolute atomic E-state index is 0.572. The first-order chi connectivity index (χ1) is 9.90. The number of hydrogen-bond donors (Lipinski definition) is 2. The molecule has 0 unspecified atom stereocenters. The van der Waals surface area contributed by atoms with E-state index in [1.54, 1.807) is 11.3 Å². The van der Waals surface area contributed by atoms with E-state index in [-0.39, 0.29) is 0 Å². The number of rotatable bonds is 6. The van der Waals surface area contributed by atoms with Crippen LogP contribution in [0.2, 0.25) is 0 Å². The number of aromatic nitrogens is 2. The lowest BCUT2D eigenvalue weighted by atomic mass is 9.85. The molecular formula is C15H24N4S2. The number of nitrogens with one attached hydrogen (secondary N) is 1. The Balaban J connectivity index is 2.18. The molecule has 0 radical (unpaired) electrons. The van der Waals surface area contributed by atoms with Crippen molar-refractivity contribution in [2.24, 2.45) is 17.8 Å². The van der Waals surface area contributed by atoms with Gasteiger partial charge in [-0.2, -0.15) is 4.37 Å². The van der Waals surface area contributed by atoms with Crippen molar-refractivity contribution in [2.45, 2.75) is 34.6 Å². The van der Waals surface area contributed by atoms with E-state index < -0.39 is 0 Å². The fourth-order valence-corrected chi connectivity index (χ4v) is 4.19. The lowest BCUT2D eigenvalue weighted by Gasteiger charge is -2.25. The number of thiazole rings is 1. The van der Waals surface area contributed by atoms with Gasteiger partial charge in [0.25, 0.3) is 0 Å². The Bertz CT molecular complexity index is 578. The van der Waals surface area contributed by atoms with Crippen LogP contribution in [0.15, 0.2) is 5.38 Å². The third-order valence-electron chi connectivity index (χ3n) is 3.76. The molecule has 0 amide bonds. The highest BCUT2D eigenvalue weighted by atomic mass is 32.1. The Labute approximate surface area is 135 Å². The number of nitrogens with two attached hydrogens (primary N) is 1. The van der Waals surface area contributed by atoms with E-state index in [4.69, 9.17) is 5.73 Å². The van der Waals surface area contributed by atoms with E-state index in [2.05, 4.69) is 42.4 Å². The van der Waals surface area contributed by atoms with E-state index in [1.165, 1.54) is 11.5 Å². The second-order valence-corrected chi connectivity index (χ2v) is 7.73. The molecule has 4 nitrogen and oxygen atoms in total. The van der Waals surface area contributed by atoms with Crippen molar-refractivity contribution in [1.29, 1.82) is 0 Å². The van der Waals surface area contributed by atoms with Gasteiger partial charge in [-0.15, -0.1) is 11.3 Å². The van der Waals surface area contributed by atoms with Crippen LogP contribution >= 0.6 is 22.9 Å².